The van der Waals surface area contributed by atoms with Gasteiger partial charge in [-0.2, -0.15) is 9.97 Å². The van der Waals surface area contributed by atoms with Crippen LogP contribution in [0.1, 0.15) is 20.8 Å². The first kappa shape index (κ1) is 24.4. The Hall–Kier alpha value is -3.68. The van der Waals surface area contributed by atoms with Crippen molar-refractivity contribution in [3.63, 3.8) is 0 Å². The third-order valence-corrected chi connectivity index (χ3v) is 5.28. The van der Waals surface area contributed by atoms with E-state index in [0.29, 0.717) is 35.1 Å². The molecule has 3 aromatic heterocycles. The van der Waals surface area contributed by atoms with Gasteiger partial charge < -0.3 is 34.7 Å². The fourth-order valence-electron chi connectivity index (χ4n) is 3.73. The fourth-order valence-corrected chi connectivity index (χ4v) is 3.73. The number of methoxy groups -OCH3 is 1. The maximum absolute atomic E-state index is 14.8. The van der Waals surface area contributed by atoms with Gasteiger partial charge in [0.05, 0.1) is 45.4 Å². The summed E-state index contributed by atoms with van der Waals surface area (Å²) in [6, 6.07) is -0.774. The van der Waals surface area contributed by atoms with E-state index in [2.05, 4.69) is 30.7 Å². The summed E-state index contributed by atoms with van der Waals surface area (Å²) in [6.07, 6.45) is 1.28. The third-order valence-electron chi connectivity index (χ3n) is 5.28. The SMILES string of the molecule is COc1nn(CCO)cc1Nc1nc(N2C[C@@H](F)[C@H](NC(=O)OC(C)(C)C)C2)nc2c1ncn2C. The van der Waals surface area contributed by atoms with E-state index in [-0.39, 0.29) is 25.6 Å². The van der Waals surface area contributed by atoms with Gasteiger partial charge in [-0.1, -0.05) is 0 Å². The first-order valence-electron chi connectivity index (χ1n) is 11.1. The summed E-state index contributed by atoms with van der Waals surface area (Å²) in [5.41, 5.74) is 0.881. The van der Waals surface area contributed by atoms with E-state index in [0.717, 1.165) is 0 Å². The molecule has 0 radical (unpaired) electrons. The number of anilines is 3. The molecule has 0 aliphatic carbocycles. The minimum Gasteiger partial charge on any atom is -0.478 e. The smallest absolute Gasteiger partial charge is 0.408 e. The highest BCUT2D eigenvalue weighted by atomic mass is 19.1. The summed E-state index contributed by atoms with van der Waals surface area (Å²) < 4.78 is 28.7. The van der Waals surface area contributed by atoms with Crippen molar-refractivity contribution in [3.8, 4) is 5.88 Å². The predicted octanol–water partition coefficient (Wildman–Crippen LogP) is 1.36. The molecule has 4 heterocycles. The molecule has 2 atom stereocenters. The van der Waals surface area contributed by atoms with Gasteiger partial charge in [-0.3, -0.25) is 4.68 Å². The van der Waals surface area contributed by atoms with Crippen LogP contribution in [0, 0.1) is 0 Å². The minimum absolute atomic E-state index is 0.00101. The molecule has 3 aromatic rings. The molecule has 190 valence electrons. The molecule has 3 N–H and O–H groups in total. The summed E-state index contributed by atoms with van der Waals surface area (Å²) in [6.45, 7) is 5.62. The van der Waals surface area contributed by atoms with Crippen LogP contribution in [0.4, 0.5) is 26.6 Å². The van der Waals surface area contributed by atoms with Crippen molar-refractivity contribution in [2.75, 3.05) is 37.0 Å². The fraction of sp³-hybridized carbons (Fsp3) is 0.571. The second-order valence-electron chi connectivity index (χ2n) is 9.24. The van der Waals surface area contributed by atoms with Crippen molar-refractivity contribution < 1.29 is 23.8 Å². The number of ether oxygens (including phenoxy) is 2. The number of carbonyl (C=O) groups is 1. The Bertz CT molecular complexity index is 1210. The average molecular weight is 492 g/mol. The van der Waals surface area contributed by atoms with Crippen LogP contribution in [0.2, 0.25) is 0 Å². The third kappa shape index (κ3) is 5.37. The number of aliphatic hydroxyl groups is 1. The van der Waals surface area contributed by atoms with Gasteiger partial charge in [0.2, 0.25) is 5.95 Å². The Morgan fingerprint density at radius 1 is 1.31 bits per heavy atom. The van der Waals surface area contributed by atoms with Gasteiger partial charge in [0.25, 0.3) is 5.88 Å². The molecule has 1 aliphatic rings. The summed E-state index contributed by atoms with van der Waals surface area (Å²) in [4.78, 5) is 27.4. The van der Waals surface area contributed by atoms with Gasteiger partial charge in [-0.25, -0.2) is 14.2 Å². The Morgan fingerprint density at radius 3 is 2.77 bits per heavy atom. The zero-order chi connectivity index (χ0) is 25.3. The molecule has 1 amide bonds. The van der Waals surface area contributed by atoms with Gasteiger partial charge in [-0.15, -0.1) is 5.10 Å². The first-order chi connectivity index (χ1) is 16.6. The number of fused-ring (bicyclic) bond motifs is 1. The van der Waals surface area contributed by atoms with Crippen molar-refractivity contribution in [1.82, 2.24) is 34.6 Å². The number of halogens is 1. The average Bonchev–Trinajstić information content (AvgIpc) is 3.45. The Balaban J connectivity index is 1.60. The van der Waals surface area contributed by atoms with Crippen LogP contribution in [-0.4, -0.2) is 85.1 Å². The van der Waals surface area contributed by atoms with Crippen LogP contribution in [0.3, 0.4) is 0 Å². The zero-order valence-electron chi connectivity index (χ0n) is 20.3. The van der Waals surface area contributed by atoms with E-state index in [1.54, 1.807) is 54.5 Å². The number of carbonyl (C=O) groups excluding carboxylic acids is 1. The molecular weight excluding hydrogens is 461 g/mol. The number of amides is 1. The van der Waals surface area contributed by atoms with Crippen LogP contribution in [0.15, 0.2) is 12.5 Å². The van der Waals surface area contributed by atoms with Gasteiger partial charge in [0.15, 0.2) is 17.0 Å². The van der Waals surface area contributed by atoms with Crippen LogP contribution >= 0.6 is 0 Å². The number of hydrogen-bond donors (Lipinski definition) is 3. The second kappa shape index (κ2) is 9.52. The first-order valence-corrected chi connectivity index (χ1v) is 11.1. The number of aryl methyl sites for hydroxylation is 1. The van der Waals surface area contributed by atoms with E-state index in [1.807, 2.05) is 0 Å². The summed E-state index contributed by atoms with van der Waals surface area (Å²) in [7, 11) is 3.28. The Morgan fingerprint density at radius 2 is 2.09 bits per heavy atom. The lowest BCUT2D eigenvalue weighted by molar-refractivity contribution is 0.0490. The van der Waals surface area contributed by atoms with E-state index >= 15 is 0 Å². The number of nitrogens with zero attached hydrogens (tertiary/aromatic N) is 7. The molecule has 13 nitrogen and oxygen atoms in total. The minimum atomic E-state index is -1.33. The van der Waals surface area contributed by atoms with Crippen LogP contribution in [0.25, 0.3) is 11.2 Å². The number of nitrogens with one attached hydrogen (secondary N) is 2. The standard InChI is InChI=1S/C21H30FN9O4/c1-21(2,3)35-20(33)25-13-9-30(8-12(13)22)19-26-16(15-17(27-19)29(4)11-23-15)24-14-10-31(6-7-32)28-18(14)34-5/h10-13,32H,6-9H2,1-5H3,(H,25,33)(H,24,26,27)/t12-,13-/m1/s1. The van der Waals surface area contributed by atoms with Crippen molar-refractivity contribution in [3.05, 3.63) is 12.5 Å². The number of hydrogen-bond acceptors (Lipinski definition) is 10. The second-order valence-corrected chi connectivity index (χ2v) is 9.24. The molecule has 35 heavy (non-hydrogen) atoms. The van der Waals surface area contributed by atoms with E-state index in [9.17, 15) is 14.3 Å². The lowest BCUT2D eigenvalue weighted by atomic mass is 10.2. The monoisotopic (exact) mass is 491 g/mol. The molecule has 1 saturated heterocycles. The zero-order valence-corrected chi connectivity index (χ0v) is 20.3. The number of alkyl halides is 1. The van der Waals surface area contributed by atoms with E-state index in [1.165, 1.54) is 7.11 Å². The topological polar surface area (TPSA) is 144 Å². The number of aliphatic hydroxyl groups excluding tert-OH is 1. The van der Waals surface area contributed by atoms with Crippen LogP contribution in [0.5, 0.6) is 5.88 Å². The van der Waals surface area contributed by atoms with Gasteiger partial charge in [0.1, 0.15) is 17.5 Å². The van der Waals surface area contributed by atoms with E-state index < -0.39 is 23.9 Å². The highest BCUT2D eigenvalue weighted by Crippen LogP contribution is 2.31. The molecule has 1 fully saturated rings. The lowest BCUT2D eigenvalue weighted by Gasteiger charge is -2.22. The number of rotatable bonds is 7. The molecule has 0 unspecified atom stereocenters. The number of alkyl carbamates (subject to hydrolysis) is 1. The van der Waals surface area contributed by atoms with Gasteiger partial charge in [0, 0.05) is 13.6 Å². The molecule has 1 aliphatic heterocycles. The number of aromatic nitrogens is 6. The highest BCUT2D eigenvalue weighted by molar-refractivity contribution is 5.87. The normalized spacial score (nSPS) is 18.2. The Kier molecular flexibility index (Phi) is 6.65. The van der Waals surface area contributed by atoms with Gasteiger partial charge >= 0.3 is 6.09 Å². The van der Waals surface area contributed by atoms with Crippen molar-refractivity contribution in [1.29, 1.82) is 0 Å². The molecule has 4 rings (SSSR count). The number of imidazole rings is 1. The molecule has 0 aromatic carbocycles. The lowest BCUT2D eigenvalue weighted by Crippen LogP contribution is -2.44. The summed E-state index contributed by atoms with van der Waals surface area (Å²) >= 11 is 0. The van der Waals surface area contributed by atoms with Crippen LogP contribution in [-0.2, 0) is 18.3 Å². The molecular formula is C21H30FN9O4. The maximum Gasteiger partial charge on any atom is 0.408 e. The van der Waals surface area contributed by atoms with E-state index in [4.69, 9.17) is 9.47 Å². The summed E-state index contributed by atoms with van der Waals surface area (Å²) in [5, 5.41) is 19.2. The quantitative estimate of drug-likeness (QED) is 0.443. The van der Waals surface area contributed by atoms with Crippen molar-refractivity contribution in [2.45, 2.75) is 45.1 Å². The molecule has 0 saturated carbocycles. The largest absolute Gasteiger partial charge is 0.478 e. The van der Waals surface area contributed by atoms with Crippen molar-refractivity contribution in [2.24, 2.45) is 7.05 Å². The van der Waals surface area contributed by atoms with Crippen LogP contribution < -0.4 is 20.3 Å². The molecule has 0 bridgehead atoms. The molecule has 0 spiro atoms. The summed E-state index contributed by atoms with van der Waals surface area (Å²) in [5.74, 6) is 0.974. The highest BCUT2D eigenvalue weighted by Gasteiger charge is 2.36. The predicted molar refractivity (Wildman–Crippen MR) is 126 cm³/mol. The molecule has 14 heteroatoms. The van der Waals surface area contributed by atoms with Gasteiger partial charge in [-0.05, 0) is 20.8 Å². The van der Waals surface area contributed by atoms with Crippen molar-refractivity contribution >= 4 is 34.7 Å². The Labute approximate surface area is 201 Å². The maximum atomic E-state index is 14.8.